The molecule has 1 aromatic rings. The van der Waals surface area contributed by atoms with E-state index in [4.69, 9.17) is 4.98 Å². The molecule has 1 fully saturated rings. The number of thiazole rings is 1. The van der Waals surface area contributed by atoms with Crippen LogP contribution in [-0.2, 0) is 12.0 Å². The highest BCUT2D eigenvalue weighted by atomic mass is 32.1. The molecule has 2 heterocycles. The van der Waals surface area contributed by atoms with Crippen molar-refractivity contribution in [2.24, 2.45) is 0 Å². The lowest BCUT2D eigenvalue weighted by molar-refractivity contribution is 0.561. The van der Waals surface area contributed by atoms with Crippen molar-refractivity contribution in [3.05, 3.63) is 10.6 Å². The third-order valence-corrected chi connectivity index (χ3v) is 4.92. The predicted octanol–water partition coefficient (Wildman–Crippen LogP) is 3.54. The van der Waals surface area contributed by atoms with Crippen molar-refractivity contribution in [2.45, 2.75) is 65.0 Å². The van der Waals surface area contributed by atoms with Gasteiger partial charge in [0, 0.05) is 29.4 Å². The molecule has 1 atom stereocenters. The van der Waals surface area contributed by atoms with E-state index in [2.05, 4.69) is 37.9 Å². The van der Waals surface area contributed by atoms with Gasteiger partial charge in [0.2, 0.25) is 0 Å². The average molecular weight is 281 g/mol. The summed E-state index contributed by atoms with van der Waals surface area (Å²) in [4.78, 5) is 8.91. The molecule has 0 aliphatic carbocycles. The quantitative estimate of drug-likeness (QED) is 0.915. The van der Waals surface area contributed by atoms with E-state index in [1.807, 2.05) is 18.4 Å². The fraction of sp³-hybridized carbons (Fsp3) is 0.800. The Kier molecular flexibility index (Phi) is 4.51. The van der Waals surface area contributed by atoms with E-state index >= 15 is 0 Å². The van der Waals surface area contributed by atoms with Crippen LogP contribution >= 0.6 is 11.3 Å². The Labute approximate surface area is 121 Å². The Morgan fingerprint density at radius 2 is 2.16 bits per heavy atom. The van der Waals surface area contributed by atoms with Crippen LogP contribution in [0.4, 0.5) is 5.13 Å². The highest BCUT2D eigenvalue weighted by Crippen LogP contribution is 2.37. The topological polar surface area (TPSA) is 28.2 Å². The summed E-state index contributed by atoms with van der Waals surface area (Å²) in [7, 11) is 2.01. The Balaban J connectivity index is 2.32. The van der Waals surface area contributed by atoms with Crippen molar-refractivity contribution in [2.75, 3.05) is 18.5 Å². The molecule has 0 bridgehead atoms. The Morgan fingerprint density at radius 1 is 1.42 bits per heavy atom. The van der Waals surface area contributed by atoms with Gasteiger partial charge in [-0.25, -0.2) is 4.98 Å². The van der Waals surface area contributed by atoms with Crippen LogP contribution in [0.15, 0.2) is 0 Å². The van der Waals surface area contributed by atoms with Crippen molar-refractivity contribution in [1.82, 2.24) is 10.3 Å². The maximum atomic E-state index is 4.98. The van der Waals surface area contributed by atoms with E-state index in [0.717, 1.165) is 6.54 Å². The van der Waals surface area contributed by atoms with Gasteiger partial charge in [-0.3, -0.25) is 0 Å². The number of nitrogens with one attached hydrogen (secondary N) is 1. The van der Waals surface area contributed by atoms with Crippen molar-refractivity contribution >= 4 is 16.5 Å². The molecule has 1 aromatic heterocycles. The van der Waals surface area contributed by atoms with Crippen LogP contribution in [0, 0.1) is 0 Å². The lowest BCUT2D eigenvalue weighted by Gasteiger charge is -2.23. The van der Waals surface area contributed by atoms with Gasteiger partial charge in [0.25, 0.3) is 0 Å². The molecule has 1 aliphatic rings. The van der Waals surface area contributed by atoms with Gasteiger partial charge < -0.3 is 10.2 Å². The van der Waals surface area contributed by atoms with Gasteiger partial charge in [0.05, 0.1) is 5.69 Å². The van der Waals surface area contributed by atoms with Crippen LogP contribution < -0.4 is 10.2 Å². The highest BCUT2D eigenvalue weighted by Gasteiger charge is 2.29. The zero-order valence-electron chi connectivity index (χ0n) is 12.9. The number of nitrogens with zero attached hydrogens (tertiary/aromatic N) is 2. The van der Waals surface area contributed by atoms with Gasteiger partial charge in [-0.05, 0) is 26.3 Å². The second-order valence-corrected chi connectivity index (χ2v) is 7.51. The Morgan fingerprint density at radius 3 is 2.74 bits per heavy atom. The zero-order valence-corrected chi connectivity index (χ0v) is 13.7. The maximum absolute atomic E-state index is 4.98. The van der Waals surface area contributed by atoms with Crippen LogP contribution in [0.2, 0.25) is 0 Å². The average Bonchev–Trinajstić information content (AvgIpc) is 2.93. The summed E-state index contributed by atoms with van der Waals surface area (Å²) < 4.78 is 0. The molecule has 108 valence electrons. The van der Waals surface area contributed by atoms with E-state index in [1.54, 1.807) is 0 Å². The minimum Gasteiger partial charge on any atom is -0.345 e. The fourth-order valence-electron chi connectivity index (χ4n) is 2.84. The summed E-state index contributed by atoms with van der Waals surface area (Å²) >= 11 is 1.88. The first kappa shape index (κ1) is 14.8. The van der Waals surface area contributed by atoms with Crippen LogP contribution in [0.5, 0.6) is 0 Å². The normalized spacial score (nSPS) is 20.3. The summed E-state index contributed by atoms with van der Waals surface area (Å²) in [6.45, 7) is 11.2. The summed E-state index contributed by atoms with van der Waals surface area (Å²) in [6.07, 6.45) is 3.86. The summed E-state index contributed by atoms with van der Waals surface area (Å²) in [5, 5.41) is 4.51. The van der Waals surface area contributed by atoms with E-state index in [1.165, 1.54) is 41.5 Å². The molecule has 0 spiro atoms. The van der Waals surface area contributed by atoms with Crippen LogP contribution in [0.3, 0.4) is 0 Å². The highest BCUT2D eigenvalue weighted by molar-refractivity contribution is 7.15. The molecule has 0 amide bonds. The summed E-state index contributed by atoms with van der Waals surface area (Å²) in [6, 6.07) is 0.696. The van der Waals surface area contributed by atoms with Gasteiger partial charge in [0.1, 0.15) is 0 Å². The third kappa shape index (κ3) is 3.11. The van der Waals surface area contributed by atoms with Gasteiger partial charge in [0.15, 0.2) is 5.13 Å². The molecule has 1 unspecified atom stereocenters. The van der Waals surface area contributed by atoms with Gasteiger partial charge in [-0.2, -0.15) is 0 Å². The molecular weight excluding hydrogens is 254 g/mol. The SMILES string of the molecule is CCC1CCCN1c1nc(C(C)(C)C)c(CNC)s1. The Bertz CT molecular complexity index is 420. The van der Waals surface area contributed by atoms with Crippen molar-refractivity contribution in [1.29, 1.82) is 0 Å². The van der Waals surface area contributed by atoms with Gasteiger partial charge >= 0.3 is 0 Å². The molecular formula is C15H27N3S. The number of hydrogen-bond acceptors (Lipinski definition) is 4. The van der Waals surface area contributed by atoms with Crippen molar-refractivity contribution in [3.63, 3.8) is 0 Å². The third-order valence-electron chi connectivity index (χ3n) is 3.83. The molecule has 3 nitrogen and oxygen atoms in total. The van der Waals surface area contributed by atoms with E-state index < -0.39 is 0 Å². The first-order chi connectivity index (χ1) is 8.97. The number of hydrogen-bond donors (Lipinski definition) is 1. The van der Waals surface area contributed by atoms with E-state index in [9.17, 15) is 0 Å². The monoisotopic (exact) mass is 281 g/mol. The van der Waals surface area contributed by atoms with Crippen LogP contribution in [0.1, 0.15) is 57.5 Å². The van der Waals surface area contributed by atoms with Crippen molar-refractivity contribution < 1.29 is 0 Å². The summed E-state index contributed by atoms with van der Waals surface area (Å²) in [5.41, 5.74) is 1.39. The molecule has 0 saturated carbocycles. The number of rotatable bonds is 4. The molecule has 0 radical (unpaired) electrons. The zero-order chi connectivity index (χ0) is 14.0. The fourth-order valence-corrected chi connectivity index (χ4v) is 4.22. The van der Waals surface area contributed by atoms with E-state index in [0.29, 0.717) is 6.04 Å². The predicted molar refractivity (Wildman–Crippen MR) is 84.2 cm³/mol. The van der Waals surface area contributed by atoms with Gasteiger partial charge in [-0.1, -0.05) is 27.7 Å². The van der Waals surface area contributed by atoms with Gasteiger partial charge in [-0.15, -0.1) is 11.3 Å². The lowest BCUT2D eigenvalue weighted by atomic mass is 9.91. The largest absolute Gasteiger partial charge is 0.345 e. The molecule has 4 heteroatoms. The summed E-state index contributed by atoms with van der Waals surface area (Å²) in [5.74, 6) is 0. The molecule has 19 heavy (non-hydrogen) atoms. The van der Waals surface area contributed by atoms with Crippen LogP contribution in [0.25, 0.3) is 0 Å². The smallest absolute Gasteiger partial charge is 0.186 e. The molecule has 1 N–H and O–H groups in total. The number of aromatic nitrogens is 1. The lowest BCUT2D eigenvalue weighted by Crippen LogP contribution is -2.28. The molecule has 2 rings (SSSR count). The van der Waals surface area contributed by atoms with Crippen LogP contribution in [-0.4, -0.2) is 24.6 Å². The van der Waals surface area contributed by atoms with Crippen molar-refractivity contribution in [3.8, 4) is 0 Å². The molecule has 1 aliphatic heterocycles. The second kappa shape index (κ2) is 5.80. The first-order valence-corrected chi connectivity index (χ1v) is 8.20. The standard InChI is InChI=1S/C15H27N3S/c1-6-11-8-7-9-18(11)14-17-13(15(2,3)4)12(19-14)10-16-5/h11,16H,6-10H2,1-5H3. The minimum atomic E-state index is 0.127. The minimum absolute atomic E-state index is 0.127. The second-order valence-electron chi connectivity index (χ2n) is 6.45. The molecule has 1 saturated heterocycles. The van der Waals surface area contributed by atoms with E-state index in [-0.39, 0.29) is 5.41 Å². The maximum Gasteiger partial charge on any atom is 0.186 e. The number of anilines is 1. The Hall–Kier alpha value is -0.610. The molecule has 0 aromatic carbocycles. The first-order valence-electron chi connectivity index (χ1n) is 7.38.